The van der Waals surface area contributed by atoms with Crippen molar-refractivity contribution < 1.29 is 33.3 Å². The summed E-state index contributed by atoms with van der Waals surface area (Å²) < 4.78 is 22.3. The van der Waals surface area contributed by atoms with Crippen LogP contribution in [-0.2, 0) is 19.1 Å². The van der Waals surface area contributed by atoms with E-state index in [-0.39, 0.29) is 11.5 Å². The molecule has 0 heterocycles. The summed E-state index contributed by atoms with van der Waals surface area (Å²) in [5, 5.41) is 2.90. The first-order chi connectivity index (χ1) is 18.3. The Morgan fingerprint density at radius 1 is 0.632 bits per heavy atom. The van der Waals surface area contributed by atoms with Gasteiger partial charge in [-0.25, -0.2) is 14.4 Å². The second-order valence-electron chi connectivity index (χ2n) is 8.43. The minimum atomic E-state index is -1.01. The highest BCUT2D eigenvalue weighted by atomic mass is 16.7. The fraction of sp³-hybridized carbons (Fsp3) is 0.129. The Kier molecular flexibility index (Phi) is 7.87. The van der Waals surface area contributed by atoms with Crippen LogP contribution in [0.25, 0.3) is 21.5 Å². The van der Waals surface area contributed by atoms with E-state index in [1.807, 2.05) is 48.5 Å². The SMILES string of the molecule is C=CC(=O)OC(C)c1ccc2ccccc2c1OC(=O)Oc1c(C(C)OC(=O)C=C)ccc2ccccc12. The maximum absolute atomic E-state index is 13.3. The highest BCUT2D eigenvalue weighted by molar-refractivity contribution is 5.94. The first-order valence-corrected chi connectivity index (χ1v) is 11.9. The van der Waals surface area contributed by atoms with Crippen molar-refractivity contribution in [2.24, 2.45) is 0 Å². The lowest BCUT2D eigenvalue weighted by Crippen LogP contribution is -2.18. The van der Waals surface area contributed by atoms with Crippen LogP contribution in [0, 0.1) is 0 Å². The number of rotatable bonds is 8. The Hall–Kier alpha value is -4.91. The van der Waals surface area contributed by atoms with E-state index >= 15 is 0 Å². The largest absolute Gasteiger partial charge is 0.519 e. The molecule has 0 aliphatic carbocycles. The van der Waals surface area contributed by atoms with Gasteiger partial charge in [0.15, 0.2) is 0 Å². The highest BCUT2D eigenvalue weighted by Gasteiger charge is 2.24. The second kappa shape index (κ2) is 11.4. The van der Waals surface area contributed by atoms with E-state index in [2.05, 4.69) is 13.2 Å². The fourth-order valence-electron chi connectivity index (χ4n) is 4.15. The van der Waals surface area contributed by atoms with Crippen LogP contribution in [0.1, 0.15) is 37.2 Å². The number of carbonyl (C=O) groups is 3. The first-order valence-electron chi connectivity index (χ1n) is 11.9. The molecule has 38 heavy (non-hydrogen) atoms. The van der Waals surface area contributed by atoms with Crippen molar-refractivity contribution in [3.8, 4) is 11.5 Å². The zero-order valence-electron chi connectivity index (χ0n) is 21.0. The maximum atomic E-state index is 13.3. The van der Waals surface area contributed by atoms with Crippen molar-refractivity contribution in [2.45, 2.75) is 26.1 Å². The lowest BCUT2D eigenvalue weighted by molar-refractivity contribution is -0.143. The van der Waals surface area contributed by atoms with Crippen LogP contribution in [0.4, 0.5) is 4.79 Å². The summed E-state index contributed by atoms with van der Waals surface area (Å²) >= 11 is 0. The van der Waals surface area contributed by atoms with Gasteiger partial charge in [-0.15, -0.1) is 0 Å². The van der Waals surface area contributed by atoms with Gasteiger partial charge in [0.05, 0.1) is 0 Å². The average molecular weight is 511 g/mol. The van der Waals surface area contributed by atoms with Gasteiger partial charge in [-0.1, -0.05) is 86.0 Å². The maximum Gasteiger partial charge on any atom is 0.519 e. The quantitative estimate of drug-likeness (QED) is 0.141. The topological polar surface area (TPSA) is 88.1 Å². The molecule has 2 unspecified atom stereocenters. The average Bonchev–Trinajstić information content (AvgIpc) is 2.93. The van der Waals surface area contributed by atoms with E-state index in [1.165, 1.54) is 0 Å². The summed E-state index contributed by atoms with van der Waals surface area (Å²) in [4.78, 5) is 37.0. The van der Waals surface area contributed by atoms with Gasteiger partial charge >= 0.3 is 18.1 Å². The molecule has 7 heteroatoms. The lowest BCUT2D eigenvalue weighted by atomic mass is 10.0. The van der Waals surface area contributed by atoms with Crippen molar-refractivity contribution >= 4 is 39.6 Å². The summed E-state index contributed by atoms with van der Waals surface area (Å²) in [6.45, 7) is 10.2. The highest BCUT2D eigenvalue weighted by Crippen LogP contribution is 2.38. The number of fused-ring (bicyclic) bond motifs is 2. The molecule has 0 saturated heterocycles. The summed E-state index contributed by atoms with van der Waals surface area (Å²) in [5.41, 5.74) is 0.949. The van der Waals surface area contributed by atoms with Gasteiger partial charge < -0.3 is 18.9 Å². The molecule has 4 rings (SSSR count). The third-order valence-corrected chi connectivity index (χ3v) is 5.99. The molecule has 192 valence electrons. The predicted molar refractivity (Wildman–Crippen MR) is 144 cm³/mol. The molecular formula is C31H26O7. The van der Waals surface area contributed by atoms with Crippen LogP contribution < -0.4 is 9.47 Å². The summed E-state index contributed by atoms with van der Waals surface area (Å²) in [7, 11) is 0. The van der Waals surface area contributed by atoms with E-state index in [0.29, 0.717) is 21.9 Å². The van der Waals surface area contributed by atoms with Gasteiger partial charge in [0, 0.05) is 34.1 Å². The monoisotopic (exact) mass is 510 g/mol. The normalized spacial score (nSPS) is 12.3. The van der Waals surface area contributed by atoms with Crippen LogP contribution in [-0.4, -0.2) is 18.1 Å². The lowest BCUT2D eigenvalue weighted by Gasteiger charge is -2.20. The molecule has 0 spiro atoms. The van der Waals surface area contributed by atoms with Crippen molar-refractivity contribution in [3.63, 3.8) is 0 Å². The van der Waals surface area contributed by atoms with Gasteiger partial charge in [0.2, 0.25) is 0 Å². The number of ether oxygens (including phenoxy) is 4. The Bertz CT molecular complexity index is 1440. The molecule has 0 bridgehead atoms. The molecule has 4 aromatic rings. The zero-order chi connectivity index (χ0) is 27.2. The number of hydrogen-bond acceptors (Lipinski definition) is 7. The third kappa shape index (κ3) is 5.57. The molecule has 0 radical (unpaired) electrons. The van der Waals surface area contributed by atoms with Crippen LogP contribution in [0.5, 0.6) is 11.5 Å². The smallest absolute Gasteiger partial charge is 0.454 e. The van der Waals surface area contributed by atoms with Crippen LogP contribution in [0.2, 0.25) is 0 Å². The fourth-order valence-corrected chi connectivity index (χ4v) is 4.15. The molecule has 0 aliphatic rings. The summed E-state index contributed by atoms with van der Waals surface area (Å²) in [6.07, 6.45) is -0.355. The van der Waals surface area contributed by atoms with Crippen molar-refractivity contribution in [3.05, 3.63) is 109 Å². The molecule has 0 amide bonds. The number of hydrogen-bond donors (Lipinski definition) is 0. The van der Waals surface area contributed by atoms with E-state index in [4.69, 9.17) is 18.9 Å². The molecule has 0 saturated carbocycles. The summed E-state index contributed by atoms with van der Waals surface area (Å²) in [6, 6.07) is 21.8. The zero-order valence-corrected chi connectivity index (χ0v) is 21.0. The molecule has 0 aromatic heterocycles. The molecule has 2 atom stereocenters. The van der Waals surface area contributed by atoms with E-state index in [1.54, 1.807) is 38.1 Å². The van der Waals surface area contributed by atoms with Gasteiger partial charge in [0.1, 0.15) is 23.7 Å². The molecule has 7 nitrogen and oxygen atoms in total. The van der Waals surface area contributed by atoms with Gasteiger partial charge in [-0.05, 0) is 24.6 Å². The molecule has 0 aliphatic heterocycles. The Morgan fingerprint density at radius 3 is 1.42 bits per heavy atom. The third-order valence-electron chi connectivity index (χ3n) is 5.99. The molecule has 0 N–H and O–H groups in total. The Labute approximate surface area is 219 Å². The second-order valence-corrected chi connectivity index (χ2v) is 8.43. The van der Waals surface area contributed by atoms with Crippen LogP contribution in [0.15, 0.2) is 98.1 Å². The Balaban J connectivity index is 1.74. The standard InChI is InChI=1S/C31H26O7/c1-5-27(32)35-19(3)23-17-15-21-11-7-9-13-25(21)29(23)37-31(34)38-30-24(20(4)36-28(33)6-2)18-16-22-12-8-10-14-26(22)30/h5-20H,1-2H2,3-4H3. The van der Waals surface area contributed by atoms with Gasteiger partial charge in [0.25, 0.3) is 0 Å². The van der Waals surface area contributed by atoms with Crippen LogP contribution >= 0.6 is 0 Å². The van der Waals surface area contributed by atoms with Crippen LogP contribution in [0.3, 0.4) is 0 Å². The van der Waals surface area contributed by atoms with Crippen molar-refractivity contribution in [1.29, 1.82) is 0 Å². The molecule has 0 fully saturated rings. The van der Waals surface area contributed by atoms with Gasteiger partial charge in [-0.3, -0.25) is 0 Å². The summed E-state index contributed by atoms with van der Waals surface area (Å²) in [5.74, 6) is -0.818. The number of esters is 2. The Morgan fingerprint density at radius 2 is 1.03 bits per heavy atom. The number of benzene rings is 4. The van der Waals surface area contributed by atoms with E-state index in [9.17, 15) is 14.4 Å². The van der Waals surface area contributed by atoms with Gasteiger partial charge in [-0.2, -0.15) is 0 Å². The molecule has 4 aromatic carbocycles. The van der Waals surface area contributed by atoms with Crippen molar-refractivity contribution in [2.75, 3.05) is 0 Å². The predicted octanol–water partition coefficient (Wildman–Crippen LogP) is 7.15. The minimum Gasteiger partial charge on any atom is -0.454 e. The first kappa shape index (κ1) is 26.2. The number of carbonyl (C=O) groups excluding carboxylic acids is 3. The van der Waals surface area contributed by atoms with Crippen molar-refractivity contribution in [1.82, 2.24) is 0 Å². The van der Waals surface area contributed by atoms with E-state index < -0.39 is 30.3 Å². The minimum absolute atomic E-state index is 0.199. The molecular weight excluding hydrogens is 484 g/mol. The van der Waals surface area contributed by atoms with E-state index in [0.717, 1.165) is 22.9 Å².